The zero-order valence-electron chi connectivity index (χ0n) is 13.9. The summed E-state index contributed by atoms with van der Waals surface area (Å²) >= 11 is 0. The lowest BCUT2D eigenvalue weighted by Gasteiger charge is -2.09. The number of pyridine rings is 1. The van der Waals surface area contributed by atoms with Gasteiger partial charge >= 0.3 is 0 Å². The quantitative estimate of drug-likeness (QED) is 0.567. The minimum atomic E-state index is 0.469. The molecule has 25 heavy (non-hydrogen) atoms. The van der Waals surface area contributed by atoms with Gasteiger partial charge in [-0.3, -0.25) is 0 Å². The largest absolute Gasteiger partial charge is 0.481 e. The van der Waals surface area contributed by atoms with E-state index in [0.29, 0.717) is 29.0 Å². The lowest BCUT2D eigenvalue weighted by molar-refractivity contribution is 0.398. The highest BCUT2D eigenvalue weighted by molar-refractivity contribution is 5.62. The van der Waals surface area contributed by atoms with Crippen LogP contribution in [0.1, 0.15) is 5.69 Å². The minimum Gasteiger partial charge on any atom is -0.481 e. The third-order valence-corrected chi connectivity index (χ3v) is 3.79. The topological polar surface area (TPSA) is 61.5 Å². The summed E-state index contributed by atoms with van der Waals surface area (Å²) in [6.07, 6.45) is 0. The summed E-state index contributed by atoms with van der Waals surface area (Å²) in [7, 11) is 1.58. The average Bonchev–Trinajstić information content (AvgIpc) is 3.04. The zero-order chi connectivity index (χ0) is 17.2. The minimum absolute atomic E-state index is 0.469. The molecule has 3 aromatic heterocycles. The summed E-state index contributed by atoms with van der Waals surface area (Å²) in [6.45, 7) is 1.98. The van der Waals surface area contributed by atoms with Crippen LogP contribution in [0.4, 0.5) is 0 Å². The first-order valence-corrected chi connectivity index (χ1v) is 7.85. The molecule has 4 aromatic rings. The van der Waals surface area contributed by atoms with Crippen LogP contribution in [0.5, 0.6) is 17.5 Å². The van der Waals surface area contributed by atoms with E-state index in [1.54, 1.807) is 13.2 Å². The molecule has 3 heterocycles. The highest BCUT2D eigenvalue weighted by atomic mass is 16.5. The van der Waals surface area contributed by atoms with E-state index in [4.69, 9.17) is 9.47 Å². The average molecular weight is 332 g/mol. The fraction of sp³-hybridized carbons (Fsp3) is 0.105. The molecule has 1 aromatic carbocycles. The molecule has 0 radical (unpaired) electrons. The molecule has 0 N–H and O–H groups in total. The van der Waals surface area contributed by atoms with E-state index in [0.717, 1.165) is 11.2 Å². The van der Waals surface area contributed by atoms with Crippen LogP contribution >= 0.6 is 0 Å². The SMILES string of the molecule is COc1cccc(-c2nc(Oc3ccccc3)c3ccc(C)n3n2)n1. The number of aryl methyl sites for hydroxylation is 1. The molecular weight excluding hydrogens is 316 g/mol. The molecular formula is C19H16N4O2. The van der Waals surface area contributed by atoms with E-state index in [1.807, 2.05) is 66.0 Å². The summed E-state index contributed by atoms with van der Waals surface area (Å²) in [5.74, 6) is 2.17. The number of nitrogens with zero attached hydrogens (tertiary/aromatic N) is 4. The maximum absolute atomic E-state index is 5.99. The van der Waals surface area contributed by atoms with Crippen molar-refractivity contribution < 1.29 is 9.47 Å². The van der Waals surface area contributed by atoms with E-state index < -0.39 is 0 Å². The summed E-state index contributed by atoms with van der Waals surface area (Å²) in [4.78, 5) is 9.00. The van der Waals surface area contributed by atoms with Crippen molar-refractivity contribution in [3.63, 3.8) is 0 Å². The fourth-order valence-electron chi connectivity index (χ4n) is 2.53. The van der Waals surface area contributed by atoms with Gasteiger partial charge in [-0.05, 0) is 37.3 Å². The number of fused-ring (bicyclic) bond motifs is 1. The maximum Gasteiger partial charge on any atom is 0.247 e. The molecule has 0 bridgehead atoms. The van der Waals surface area contributed by atoms with Crippen LogP contribution < -0.4 is 9.47 Å². The highest BCUT2D eigenvalue weighted by Crippen LogP contribution is 2.27. The van der Waals surface area contributed by atoms with E-state index in [2.05, 4.69) is 15.1 Å². The number of hydrogen-bond acceptors (Lipinski definition) is 5. The Bertz CT molecular complexity index is 1030. The van der Waals surface area contributed by atoms with Crippen molar-refractivity contribution >= 4 is 5.52 Å². The van der Waals surface area contributed by atoms with Crippen LogP contribution in [-0.4, -0.2) is 26.7 Å². The molecule has 0 atom stereocenters. The van der Waals surface area contributed by atoms with Crippen LogP contribution in [-0.2, 0) is 0 Å². The van der Waals surface area contributed by atoms with Crippen LogP contribution in [0.15, 0.2) is 60.7 Å². The first kappa shape index (κ1) is 15.1. The van der Waals surface area contributed by atoms with Crippen molar-refractivity contribution in [1.82, 2.24) is 19.6 Å². The Morgan fingerprint density at radius 2 is 1.72 bits per heavy atom. The molecule has 0 aliphatic carbocycles. The predicted molar refractivity (Wildman–Crippen MR) is 94.0 cm³/mol. The summed E-state index contributed by atoms with van der Waals surface area (Å²) in [6, 6.07) is 18.9. The zero-order valence-corrected chi connectivity index (χ0v) is 13.9. The number of hydrogen-bond donors (Lipinski definition) is 0. The molecule has 6 heteroatoms. The molecule has 0 aliphatic heterocycles. The van der Waals surface area contributed by atoms with E-state index in [9.17, 15) is 0 Å². The summed E-state index contributed by atoms with van der Waals surface area (Å²) in [5, 5.41) is 4.59. The Kier molecular flexibility index (Phi) is 3.78. The second-order valence-corrected chi connectivity index (χ2v) is 5.49. The number of benzene rings is 1. The lowest BCUT2D eigenvalue weighted by Crippen LogP contribution is -2.03. The van der Waals surface area contributed by atoms with Gasteiger partial charge in [-0.1, -0.05) is 24.3 Å². The molecule has 0 fully saturated rings. The lowest BCUT2D eigenvalue weighted by atomic mass is 10.3. The molecule has 0 unspecified atom stereocenters. The molecule has 0 saturated heterocycles. The van der Waals surface area contributed by atoms with Crippen molar-refractivity contribution in [2.24, 2.45) is 0 Å². The van der Waals surface area contributed by atoms with Gasteiger partial charge in [-0.15, -0.1) is 5.10 Å². The number of methoxy groups -OCH3 is 1. The second kappa shape index (κ2) is 6.24. The van der Waals surface area contributed by atoms with Gasteiger partial charge in [-0.25, -0.2) is 9.50 Å². The van der Waals surface area contributed by atoms with Crippen LogP contribution in [0.3, 0.4) is 0 Å². The van der Waals surface area contributed by atoms with Crippen molar-refractivity contribution in [2.75, 3.05) is 7.11 Å². The Morgan fingerprint density at radius 1 is 0.880 bits per heavy atom. The van der Waals surface area contributed by atoms with Gasteiger partial charge in [0.2, 0.25) is 17.6 Å². The molecule has 0 saturated carbocycles. The van der Waals surface area contributed by atoms with Crippen molar-refractivity contribution in [3.8, 4) is 29.0 Å². The van der Waals surface area contributed by atoms with E-state index in [1.165, 1.54) is 0 Å². The van der Waals surface area contributed by atoms with Gasteiger partial charge in [0.1, 0.15) is 17.0 Å². The Hall–Kier alpha value is -3.41. The molecule has 0 spiro atoms. The predicted octanol–water partition coefficient (Wildman–Crippen LogP) is 3.90. The number of ether oxygens (including phenoxy) is 2. The third kappa shape index (κ3) is 2.89. The van der Waals surface area contributed by atoms with Gasteiger partial charge in [0.15, 0.2) is 0 Å². The normalized spacial score (nSPS) is 10.8. The highest BCUT2D eigenvalue weighted by Gasteiger charge is 2.14. The number of rotatable bonds is 4. The van der Waals surface area contributed by atoms with Gasteiger partial charge in [0.25, 0.3) is 0 Å². The molecule has 124 valence electrons. The van der Waals surface area contributed by atoms with Crippen molar-refractivity contribution in [1.29, 1.82) is 0 Å². The third-order valence-electron chi connectivity index (χ3n) is 3.79. The Labute approximate surface area is 144 Å². The Balaban J connectivity index is 1.86. The molecule has 4 rings (SSSR count). The Morgan fingerprint density at radius 3 is 2.52 bits per heavy atom. The van der Waals surface area contributed by atoms with Crippen LogP contribution in [0, 0.1) is 6.92 Å². The summed E-state index contributed by atoms with van der Waals surface area (Å²) in [5.41, 5.74) is 2.40. The summed E-state index contributed by atoms with van der Waals surface area (Å²) < 4.78 is 13.0. The van der Waals surface area contributed by atoms with E-state index in [-0.39, 0.29) is 0 Å². The van der Waals surface area contributed by atoms with Crippen LogP contribution in [0.25, 0.3) is 17.0 Å². The first-order valence-electron chi connectivity index (χ1n) is 7.85. The van der Waals surface area contributed by atoms with E-state index >= 15 is 0 Å². The standard InChI is InChI=1S/C19H16N4O2/c1-13-11-12-16-19(25-14-7-4-3-5-8-14)21-18(22-23(13)16)15-9-6-10-17(20-15)24-2/h3-12H,1-2H3. The van der Waals surface area contributed by atoms with Gasteiger partial charge in [-0.2, -0.15) is 4.98 Å². The van der Waals surface area contributed by atoms with Gasteiger partial charge in [0.05, 0.1) is 7.11 Å². The van der Waals surface area contributed by atoms with Crippen molar-refractivity contribution in [3.05, 3.63) is 66.4 Å². The van der Waals surface area contributed by atoms with Crippen molar-refractivity contribution in [2.45, 2.75) is 6.92 Å². The fourth-order valence-corrected chi connectivity index (χ4v) is 2.53. The van der Waals surface area contributed by atoms with Gasteiger partial charge < -0.3 is 9.47 Å². The molecule has 0 amide bonds. The van der Waals surface area contributed by atoms with Crippen LogP contribution in [0.2, 0.25) is 0 Å². The van der Waals surface area contributed by atoms with Gasteiger partial charge in [0, 0.05) is 11.8 Å². The number of para-hydroxylation sites is 1. The first-order chi connectivity index (χ1) is 12.2. The monoisotopic (exact) mass is 332 g/mol. The smallest absolute Gasteiger partial charge is 0.247 e. The second-order valence-electron chi connectivity index (χ2n) is 5.49. The number of aromatic nitrogens is 4. The maximum atomic E-state index is 5.99. The molecule has 0 aliphatic rings. The molecule has 6 nitrogen and oxygen atoms in total.